The molecule has 0 aromatic rings. The van der Waals surface area contributed by atoms with Crippen LogP contribution in [-0.4, -0.2) is 55.1 Å². The van der Waals surface area contributed by atoms with Crippen molar-refractivity contribution in [2.75, 3.05) is 39.3 Å². The van der Waals surface area contributed by atoms with Crippen LogP contribution in [0.1, 0.15) is 46.0 Å². The van der Waals surface area contributed by atoms with Gasteiger partial charge in [-0.3, -0.25) is 4.90 Å². The van der Waals surface area contributed by atoms with E-state index in [0.717, 1.165) is 18.5 Å². The first-order valence-electron chi connectivity index (χ1n) is 8.39. The van der Waals surface area contributed by atoms with E-state index in [1.807, 2.05) is 0 Å². The smallest absolute Gasteiger partial charge is 0.0113 e. The Bertz CT molecular complexity index is 248. The lowest BCUT2D eigenvalue weighted by molar-refractivity contribution is 0.0612. The van der Waals surface area contributed by atoms with Crippen molar-refractivity contribution in [2.24, 2.45) is 17.6 Å². The summed E-state index contributed by atoms with van der Waals surface area (Å²) in [5, 5.41) is 0. The van der Waals surface area contributed by atoms with Gasteiger partial charge in [0, 0.05) is 38.8 Å². The van der Waals surface area contributed by atoms with Crippen LogP contribution < -0.4 is 5.73 Å². The molecule has 1 saturated carbocycles. The van der Waals surface area contributed by atoms with E-state index in [1.165, 1.54) is 64.8 Å². The van der Waals surface area contributed by atoms with Crippen LogP contribution in [0.4, 0.5) is 0 Å². The van der Waals surface area contributed by atoms with Crippen molar-refractivity contribution in [1.29, 1.82) is 0 Å². The van der Waals surface area contributed by atoms with Gasteiger partial charge in [0.2, 0.25) is 0 Å². The fourth-order valence-corrected chi connectivity index (χ4v) is 3.79. The van der Waals surface area contributed by atoms with Crippen LogP contribution >= 0.6 is 0 Å². The molecule has 0 radical (unpaired) electrons. The minimum atomic E-state index is 0.644. The van der Waals surface area contributed by atoms with Crippen molar-refractivity contribution in [3.63, 3.8) is 0 Å². The zero-order chi connectivity index (χ0) is 13.7. The fourth-order valence-electron chi connectivity index (χ4n) is 3.79. The van der Waals surface area contributed by atoms with Crippen molar-refractivity contribution in [2.45, 2.75) is 52.0 Å². The second-order valence-electron chi connectivity index (χ2n) is 6.77. The quantitative estimate of drug-likeness (QED) is 0.828. The molecule has 0 aromatic carbocycles. The van der Waals surface area contributed by atoms with Gasteiger partial charge in [-0.15, -0.1) is 0 Å². The Labute approximate surface area is 119 Å². The number of hydrogen-bond donors (Lipinski definition) is 1. The molecule has 1 heterocycles. The maximum absolute atomic E-state index is 5.73. The molecule has 1 saturated heterocycles. The highest BCUT2D eigenvalue weighted by atomic mass is 15.3. The van der Waals surface area contributed by atoms with Crippen LogP contribution in [0.15, 0.2) is 0 Å². The summed E-state index contributed by atoms with van der Waals surface area (Å²) in [5.74, 6) is 1.64. The molecule has 3 unspecified atom stereocenters. The fraction of sp³-hybridized carbons (Fsp3) is 1.00. The molecule has 1 aliphatic carbocycles. The highest BCUT2D eigenvalue weighted by Crippen LogP contribution is 2.30. The average molecular weight is 267 g/mol. The number of hydrogen-bond acceptors (Lipinski definition) is 3. The maximum Gasteiger partial charge on any atom is 0.0113 e. The lowest BCUT2D eigenvalue weighted by atomic mass is 9.83. The number of rotatable bonds is 5. The third kappa shape index (κ3) is 4.44. The summed E-state index contributed by atoms with van der Waals surface area (Å²) >= 11 is 0. The van der Waals surface area contributed by atoms with Crippen LogP contribution in [0.25, 0.3) is 0 Å². The molecule has 0 bridgehead atoms. The van der Waals surface area contributed by atoms with E-state index >= 15 is 0 Å². The SMILES string of the molecule is CCC1CCCC(N2CCN(CC(C)CN)CC2)C1. The van der Waals surface area contributed by atoms with E-state index in [9.17, 15) is 0 Å². The van der Waals surface area contributed by atoms with Crippen molar-refractivity contribution in [1.82, 2.24) is 9.80 Å². The largest absolute Gasteiger partial charge is 0.330 e. The van der Waals surface area contributed by atoms with Crippen molar-refractivity contribution >= 4 is 0 Å². The third-order valence-corrected chi connectivity index (χ3v) is 5.23. The van der Waals surface area contributed by atoms with E-state index < -0.39 is 0 Å². The number of nitrogens with two attached hydrogens (primary N) is 1. The lowest BCUT2D eigenvalue weighted by Crippen LogP contribution is -2.52. The lowest BCUT2D eigenvalue weighted by Gasteiger charge is -2.42. The summed E-state index contributed by atoms with van der Waals surface area (Å²) in [6.07, 6.45) is 7.20. The molecule has 2 rings (SSSR count). The van der Waals surface area contributed by atoms with Crippen LogP contribution in [0.5, 0.6) is 0 Å². The van der Waals surface area contributed by atoms with E-state index in [4.69, 9.17) is 5.73 Å². The van der Waals surface area contributed by atoms with Gasteiger partial charge in [-0.1, -0.05) is 33.1 Å². The maximum atomic E-state index is 5.73. The predicted molar refractivity (Wildman–Crippen MR) is 82.3 cm³/mol. The van der Waals surface area contributed by atoms with Gasteiger partial charge in [0.25, 0.3) is 0 Å². The first-order valence-corrected chi connectivity index (χ1v) is 8.39. The Morgan fingerprint density at radius 1 is 1.16 bits per heavy atom. The van der Waals surface area contributed by atoms with Gasteiger partial charge < -0.3 is 10.6 Å². The van der Waals surface area contributed by atoms with Crippen LogP contribution in [0.3, 0.4) is 0 Å². The Morgan fingerprint density at radius 2 is 1.89 bits per heavy atom. The summed E-state index contributed by atoms with van der Waals surface area (Å²) in [7, 11) is 0. The molecule has 3 nitrogen and oxygen atoms in total. The molecule has 0 amide bonds. The molecule has 0 spiro atoms. The van der Waals surface area contributed by atoms with Crippen molar-refractivity contribution in [3.8, 4) is 0 Å². The second kappa shape index (κ2) is 7.61. The average Bonchev–Trinajstić information content (AvgIpc) is 2.48. The van der Waals surface area contributed by atoms with Gasteiger partial charge >= 0.3 is 0 Å². The van der Waals surface area contributed by atoms with Crippen LogP contribution in [0.2, 0.25) is 0 Å². The summed E-state index contributed by atoms with van der Waals surface area (Å²) in [5.41, 5.74) is 5.73. The van der Waals surface area contributed by atoms with E-state index in [-0.39, 0.29) is 0 Å². The highest BCUT2D eigenvalue weighted by Gasteiger charge is 2.28. The van der Waals surface area contributed by atoms with Gasteiger partial charge in [0.15, 0.2) is 0 Å². The summed E-state index contributed by atoms with van der Waals surface area (Å²) < 4.78 is 0. The Morgan fingerprint density at radius 3 is 2.53 bits per heavy atom. The summed E-state index contributed by atoms with van der Waals surface area (Å²) in [6.45, 7) is 11.7. The predicted octanol–water partition coefficient (Wildman–Crippen LogP) is 2.17. The first kappa shape index (κ1) is 15.3. The van der Waals surface area contributed by atoms with E-state index in [1.54, 1.807) is 0 Å². The van der Waals surface area contributed by atoms with Gasteiger partial charge in [-0.05, 0) is 31.2 Å². The van der Waals surface area contributed by atoms with E-state index in [0.29, 0.717) is 5.92 Å². The molecule has 112 valence electrons. The Balaban J connectivity index is 1.73. The molecular formula is C16H33N3. The molecule has 0 aromatic heterocycles. The van der Waals surface area contributed by atoms with Gasteiger partial charge in [0.05, 0.1) is 0 Å². The summed E-state index contributed by atoms with van der Waals surface area (Å²) in [6, 6.07) is 0.882. The first-order chi connectivity index (χ1) is 9.22. The Kier molecular flexibility index (Phi) is 6.11. The van der Waals surface area contributed by atoms with Crippen molar-refractivity contribution < 1.29 is 0 Å². The minimum absolute atomic E-state index is 0.644. The normalized spacial score (nSPS) is 32.4. The number of nitrogens with zero attached hydrogens (tertiary/aromatic N) is 2. The van der Waals surface area contributed by atoms with Crippen molar-refractivity contribution in [3.05, 3.63) is 0 Å². The second-order valence-corrected chi connectivity index (χ2v) is 6.77. The molecule has 2 fully saturated rings. The standard InChI is InChI=1S/C16H33N3/c1-3-15-5-4-6-16(11-15)19-9-7-18(8-10-19)13-14(2)12-17/h14-16H,3-13,17H2,1-2H3. The number of piperazine rings is 1. The van der Waals surface area contributed by atoms with Gasteiger partial charge in [0.1, 0.15) is 0 Å². The zero-order valence-corrected chi connectivity index (χ0v) is 13.0. The highest BCUT2D eigenvalue weighted by molar-refractivity contribution is 4.83. The van der Waals surface area contributed by atoms with Gasteiger partial charge in [-0.25, -0.2) is 0 Å². The summed E-state index contributed by atoms with van der Waals surface area (Å²) in [4.78, 5) is 5.37. The molecule has 2 N–H and O–H groups in total. The third-order valence-electron chi connectivity index (χ3n) is 5.23. The molecule has 3 atom stereocenters. The Hall–Kier alpha value is -0.120. The van der Waals surface area contributed by atoms with E-state index in [2.05, 4.69) is 23.6 Å². The molecule has 3 heteroatoms. The molecule has 19 heavy (non-hydrogen) atoms. The van der Waals surface area contributed by atoms with Crippen LogP contribution in [0, 0.1) is 11.8 Å². The monoisotopic (exact) mass is 267 g/mol. The molecular weight excluding hydrogens is 234 g/mol. The minimum Gasteiger partial charge on any atom is -0.330 e. The van der Waals surface area contributed by atoms with Gasteiger partial charge in [-0.2, -0.15) is 0 Å². The molecule has 1 aliphatic heterocycles. The zero-order valence-electron chi connectivity index (χ0n) is 13.0. The van der Waals surface area contributed by atoms with Crippen LogP contribution in [-0.2, 0) is 0 Å². The topological polar surface area (TPSA) is 32.5 Å². The molecule has 2 aliphatic rings.